The molecule has 0 spiro atoms. The minimum absolute atomic E-state index is 0. The molecule has 1 aromatic carbocycles. The summed E-state index contributed by atoms with van der Waals surface area (Å²) < 4.78 is 3.84. The van der Waals surface area contributed by atoms with Gasteiger partial charge in [-0.05, 0) is 12.1 Å². The standard InChI is InChI=1S/C20H18N4O2.2BrH/c21-19(25)17-7-3-9-23(13-17)11-15-5-1-2-6-16(15)12-24-10-4-8-18(14-24)20(22)26;;/h1-10,13-14H,11-12H2,(H2-2,21,22,25,26);2*1H. The first-order chi connectivity index (χ1) is 12.5. The molecule has 0 radical (unpaired) electrons. The fourth-order valence-electron chi connectivity index (χ4n) is 2.79. The number of benzene rings is 1. The van der Waals surface area contributed by atoms with Crippen LogP contribution in [-0.4, -0.2) is 11.8 Å². The summed E-state index contributed by atoms with van der Waals surface area (Å²) in [4.78, 5) is 22.7. The van der Waals surface area contributed by atoms with E-state index in [2.05, 4.69) is 0 Å². The Morgan fingerprint density at radius 2 is 1.07 bits per heavy atom. The normalized spacial score (nSPS) is 9.71. The summed E-state index contributed by atoms with van der Waals surface area (Å²) in [5, 5.41) is 0. The second-order valence-corrected chi connectivity index (χ2v) is 6.03. The van der Waals surface area contributed by atoms with Crippen molar-refractivity contribution >= 4 is 11.8 Å². The number of amides is 2. The van der Waals surface area contributed by atoms with Crippen molar-refractivity contribution in [3.63, 3.8) is 0 Å². The smallest absolute Gasteiger partial charge is 0.254 e. The number of hydrogen-bond acceptors (Lipinski definition) is 2. The Hall–Kier alpha value is -2.58. The van der Waals surface area contributed by atoms with Crippen LogP contribution in [0.15, 0.2) is 73.3 Å². The number of aromatic nitrogens is 2. The van der Waals surface area contributed by atoms with E-state index in [1.54, 1.807) is 36.7 Å². The fraction of sp³-hybridized carbons (Fsp3) is 0.100. The van der Waals surface area contributed by atoms with E-state index in [0.29, 0.717) is 24.2 Å². The molecular formula is C20H20Br2N4O2. The molecular weight excluding hydrogens is 488 g/mol. The number of halogens is 2. The summed E-state index contributed by atoms with van der Waals surface area (Å²) in [6.07, 6.45) is 7.26. The van der Waals surface area contributed by atoms with Crippen molar-refractivity contribution in [2.45, 2.75) is 13.1 Å². The van der Waals surface area contributed by atoms with Crippen LogP contribution in [0.2, 0.25) is 0 Å². The average molecular weight is 508 g/mol. The van der Waals surface area contributed by atoms with Crippen LogP contribution < -0.4 is 54.6 Å². The molecule has 0 aliphatic rings. The minimum atomic E-state index is -0.452. The van der Waals surface area contributed by atoms with Crippen LogP contribution in [0.5, 0.6) is 0 Å². The van der Waals surface area contributed by atoms with E-state index >= 15 is 0 Å². The van der Waals surface area contributed by atoms with Gasteiger partial charge in [0.15, 0.2) is 37.9 Å². The van der Waals surface area contributed by atoms with Gasteiger partial charge < -0.3 is 45.4 Å². The van der Waals surface area contributed by atoms with Crippen LogP contribution in [0.3, 0.4) is 0 Å². The Balaban J connectivity index is 0.00000196. The number of primary amides is 2. The van der Waals surface area contributed by atoms with Gasteiger partial charge >= 0.3 is 0 Å². The van der Waals surface area contributed by atoms with Gasteiger partial charge in [-0.3, -0.25) is 9.59 Å². The van der Waals surface area contributed by atoms with Gasteiger partial charge in [0.2, 0.25) is 0 Å². The lowest BCUT2D eigenvalue weighted by Gasteiger charge is -2.05. The quantitative estimate of drug-likeness (QED) is 0.326. The van der Waals surface area contributed by atoms with Gasteiger partial charge in [-0.25, -0.2) is 0 Å². The SMILES string of the molecule is NC(=O)c1ccc[n+](Cc2ccccc2C[n+]2cccc(C(N)=O)c2)c1.[Br-].[Br-]. The van der Waals surface area contributed by atoms with Gasteiger partial charge in [0.25, 0.3) is 11.8 Å². The zero-order valence-corrected chi connectivity index (χ0v) is 18.1. The second kappa shape index (κ2) is 10.7. The Morgan fingerprint density at radius 1 is 0.679 bits per heavy atom. The number of hydrogen-bond donors (Lipinski definition) is 2. The minimum Gasteiger partial charge on any atom is -1.00 e. The topological polar surface area (TPSA) is 93.9 Å². The summed E-state index contributed by atoms with van der Waals surface area (Å²) in [6.45, 7) is 1.21. The number of nitrogens with zero attached hydrogens (tertiary/aromatic N) is 2. The van der Waals surface area contributed by atoms with Crippen molar-refractivity contribution in [1.82, 2.24) is 0 Å². The molecule has 3 rings (SSSR count). The maximum atomic E-state index is 11.4. The number of carbonyl (C=O) groups excluding carboxylic acids is 2. The highest BCUT2D eigenvalue weighted by Gasteiger charge is 2.14. The molecule has 0 aliphatic heterocycles. The number of pyridine rings is 2. The maximum absolute atomic E-state index is 11.4. The van der Waals surface area contributed by atoms with E-state index in [1.807, 2.05) is 45.8 Å². The molecule has 0 unspecified atom stereocenters. The van der Waals surface area contributed by atoms with E-state index in [-0.39, 0.29) is 34.0 Å². The molecule has 0 saturated carbocycles. The molecule has 0 fully saturated rings. The van der Waals surface area contributed by atoms with Crippen molar-refractivity contribution in [1.29, 1.82) is 0 Å². The Bertz CT molecular complexity index is 901. The molecule has 28 heavy (non-hydrogen) atoms. The summed E-state index contributed by atoms with van der Waals surface area (Å²) in [6, 6.07) is 15.0. The molecule has 0 bridgehead atoms. The lowest BCUT2D eigenvalue weighted by molar-refractivity contribution is -0.693. The van der Waals surface area contributed by atoms with Crippen molar-refractivity contribution in [2.24, 2.45) is 11.5 Å². The average Bonchev–Trinajstić information content (AvgIpc) is 2.64. The largest absolute Gasteiger partial charge is 1.00 e. The first-order valence-electron chi connectivity index (χ1n) is 8.17. The van der Waals surface area contributed by atoms with Crippen LogP contribution in [0.4, 0.5) is 0 Å². The zero-order valence-electron chi connectivity index (χ0n) is 15.0. The van der Waals surface area contributed by atoms with Crippen molar-refractivity contribution in [2.75, 3.05) is 0 Å². The third-order valence-electron chi connectivity index (χ3n) is 4.11. The molecule has 4 N–H and O–H groups in total. The van der Waals surface area contributed by atoms with Crippen LogP contribution in [-0.2, 0) is 13.1 Å². The van der Waals surface area contributed by atoms with Gasteiger partial charge in [0.05, 0.1) is 0 Å². The van der Waals surface area contributed by atoms with E-state index in [0.717, 1.165) is 11.1 Å². The highest BCUT2D eigenvalue weighted by Crippen LogP contribution is 2.09. The Labute approximate surface area is 184 Å². The zero-order chi connectivity index (χ0) is 18.5. The second-order valence-electron chi connectivity index (χ2n) is 6.03. The monoisotopic (exact) mass is 506 g/mol. The first-order valence-corrected chi connectivity index (χ1v) is 8.17. The van der Waals surface area contributed by atoms with Crippen LogP contribution in [0.25, 0.3) is 0 Å². The Kier molecular flexibility index (Phi) is 8.94. The van der Waals surface area contributed by atoms with Gasteiger partial charge in [-0.1, -0.05) is 24.3 Å². The van der Waals surface area contributed by atoms with E-state index in [1.165, 1.54) is 0 Å². The molecule has 2 aromatic heterocycles. The highest BCUT2D eigenvalue weighted by molar-refractivity contribution is 5.92. The van der Waals surface area contributed by atoms with Gasteiger partial charge in [-0.15, -0.1) is 0 Å². The number of rotatable bonds is 6. The first kappa shape index (κ1) is 23.5. The van der Waals surface area contributed by atoms with Crippen LogP contribution in [0, 0.1) is 0 Å². The third-order valence-corrected chi connectivity index (χ3v) is 4.11. The molecule has 3 aromatic rings. The lowest BCUT2D eigenvalue weighted by Crippen LogP contribution is -3.00. The van der Waals surface area contributed by atoms with Crippen molar-refractivity contribution in [3.05, 3.63) is 95.6 Å². The van der Waals surface area contributed by atoms with Crippen LogP contribution in [0.1, 0.15) is 31.8 Å². The fourth-order valence-corrected chi connectivity index (χ4v) is 2.79. The molecule has 2 amide bonds. The molecule has 6 nitrogen and oxygen atoms in total. The van der Waals surface area contributed by atoms with Crippen molar-refractivity contribution in [3.8, 4) is 0 Å². The Morgan fingerprint density at radius 3 is 1.43 bits per heavy atom. The molecule has 0 atom stereocenters. The number of carbonyl (C=O) groups is 2. The summed E-state index contributed by atoms with van der Waals surface area (Å²) in [7, 11) is 0. The molecule has 0 aliphatic carbocycles. The van der Waals surface area contributed by atoms with E-state index in [9.17, 15) is 9.59 Å². The molecule has 146 valence electrons. The summed E-state index contributed by atoms with van der Waals surface area (Å²) in [5.74, 6) is -0.905. The van der Waals surface area contributed by atoms with Crippen LogP contribution >= 0.6 is 0 Å². The predicted octanol–water partition coefficient (Wildman–Crippen LogP) is -5.44. The van der Waals surface area contributed by atoms with E-state index in [4.69, 9.17) is 11.5 Å². The molecule has 2 heterocycles. The summed E-state index contributed by atoms with van der Waals surface area (Å²) >= 11 is 0. The molecule has 0 saturated heterocycles. The van der Waals surface area contributed by atoms with Crippen molar-refractivity contribution < 1.29 is 52.7 Å². The van der Waals surface area contributed by atoms with E-state index < -0.39 is 11.8 Å². The highest BCUT2D eigenvalue weighted by atomic mass is 79.9. The third kappa shape index (κ3) is 5.97. The molecule has 8 heteroatoms. The lowest BCUT2D eigenvalue weighted by atomic mass is 10.1. The predicted molar refractivity (Wildman–Crippen MR) is 95.0 cm³/mol. The summed E-state index contributed by atoms with van der Waals surface area (Å²) in [5.41, 5.74) is 13.9. The maximum Gasteiger partial charge on any atom is 0.254 e. The van der Waals surface area contributed by atoms with Gasteiger partial charge in [0, 0.05) is 23.3 Å². The number of nitrogens with two attached hydrogens (primary N) is 2. The van der Waals surface area contributed by atoms with Gasteiger partial charge in [-0.2, -0.15) is 9.13 Å². The van der Waals surface area contributed by atoms with Gasteiger partial charge in [0.1, 0.15) is 11.1 Å².